The molecule has 0 spiro atoms. The molecule has 2 rings (SSSR count). The Morgan fingerprint density at radius 3 is 1.98 bits per heavy atom. The van der Waals surface area contributed by atoms with Gasteiger partial charge in [0.15, 0.2) is 5.78 Å². The number of carbonyl (C=O) groups is 3. The van der Waals surface area contributed by atoms with Crippen LogP contribution in [0, 0.1) is 50.4 Å². The first kappa shape index (κ1) is 39.8. The molecule has 4 atom stereocenters. The Balaban J connectivity index is 1.90. The molecule has 1 aliphatic rings. The summed E-state index contributed by atoms with van der Waals surface area (Å²) in [4.78, 5) is 36.5. The van der Waals surface area contributed by atoms with Crippen LogP contribution in [0.2, 0.25) is 0 Å². The third kappa shape index (κ3) is 12.7. The molecule has 0 aromatic heterocycles. The highest BCUT2D eigenvalue weighted by molar-refractivity contribution is 5.86. The van der Waals surface area contributed by atoms with Gasteiger partial charge in [-0.25, -0.2) is 0 Å². The van der Waals surface area contributed by atoms with Crippen molar-refractivity contribution in [3.05, 3.63) is 22.3 Å². The van der Waals surface area contributed by atoms with E-state index in [9.17, 15) is 19.5 Å². The Morgan fingerprint density at radius 1 is 0.826 bits per heavy atom. The van der Waals surface area contributed by atoms with Crippen molar-refractivity contribution < 1.29 is 29.0 Å². The van der Waals surface area contributed by atoms with Crippen LogP contribution in [-0.2, 0) is 20.8 Å². The summed E-state index contributed by atoms with van der Waals surface area (Å²) >= 11 is 0. The van der Waals surface area contributed by atoms with Gasteiger partial charge in [-0.3, -0.25) is 14.4 Å². The largest absolute Gasteiger partial charge is 0.487 e. The average molecular weight is 643 g/mol. The first-order chi connectivity index (χ1) is 21.5. The molecular weight excluding hydrogens is 576 g/mol. The van der Waals surface area contributed by atoms with Crippen molar-refractivity contribution in [1.82, 2.24) is 0 Å². The van der Waals surface area contributed by atoms with E-state index in [2.05, 4.69) is 41.5 Å². The lowest BCUT2D eigenvalue weighted by Gasteiger charge is -2.38. The van der Waals surface area contributed by atoms with Crippen molar-refractivity contribution in [3.8, 4) is 11.5 Å². The van der Waals surface area contributed by atoms with Crippen LogP contribution >= 0.6 is 0 Å². The summed E-state index contributed by atoms with van der Waals surface area (Å²) in [5, 5.41) is 9.61. The van der Waals surface area contributed by atoms with E-state index in [1.54, 1.807) is 13.8 Å². The molecule has 0 unspecified atom stereocenters. The maximum atomic E-state index is 12.8. The van der Waals surface area contributed by atoms with Crippen molar-refractivity contribution in [2.24, 2.45) is 29.6 Å². The summed E-state index contributed by atoms with van der Waals surface area (Å²) in [6, 6.07) is 0. The highest BCUT2D eigenvalue weighted by Crippen LogP contribution is 2.45. The first-order valence-corrected chi connectivity index (χ1v) is 18.3. The molecule has 0 fully saturated rings. The number of fused-ring (bicyclic) bond motifs is 1. The van der Waals surface area contributed by atoms with Gasteiger partial charge in [-0.2, -0.15) is 0 Å². The molecule has 0 radical (unpaired) electrons. The molecular formula is C40H66O6. The smallest absolute Gasteiger partial charge is 0.306 e. The number of carboxylic acid groups (broad SMARTS) is 1. The molecule has 1 aliphatic heterocycles. The van der Waals surface area contributed by atoms with Crippen molar-refractivity contribution >= 4 is 17.5 Å². The SMILES string of the molecule is Cc1c(C)c2c(c(C)c1OCC(=O)C[C@@H](CCC(=O)C(C)C)C(=O)O)CC[C@@](C)(CCC[C@H](C)CCC[C@H](C)CCCC(C)C)O2. The van der Waals surface area contributed by atoms with Gasteiger partial charge in [0.25, 0.3) is 0 Å². The van der Waals surface area contributed by atoms with Crippen LogP contribution in [0.15, 0.2) is 0 Å². The zero-order chi connectivity index (χ0) is 34.6. The summed E-state index contributed by atoms with van der Waals surface area (Å²) in [5.41, 5.74) is 3.95. The molecule has 46 heavy (non-hydrogen) atoms. The number of carbonyl (C=O) groups excluding carboxylic acids is 2. The molecule has 0 saturated carbocycles. The summed E-state index contributed by atoms with van der Waals surface area (Å²) in [5.74, 6) is 1.72. The van der Waals surface area contributed by atoms with Crippen LogP contribution in [0.3, 0.4) is 0 Å². The second-order valence-corrected chi connectivity index (χ2v) is 15.6. The van der Waals surface area contributed by atoms with Gasteiger partial charge in [-0.15, -0.1) is 0 Å². The molecule has 6 heteroatoms. The zero-order valence-electron chi connectivity index (χ0n) is 31.0. The maximum absolute atomic E-state index is 12.8. The number of hydrogen-bond donors (Lipinski definition) is 1. The van der Waals surface area contributed by atoms with Crippen LogP contribution in [0.4, 0.5) is 0 Å². The minimum atomic E-state index is -1.05. The Labute approximate surface area is 280 Å². The number of rotatable bonds is 22. The molecule has 0 saturated heterocycles. The predicted molar refractivity (Wildman–Crippen MR) is 188 cm³/mol. The maximum Gasteiger partial charge on any atom is 0.306 e. The number of ether oxygens (including phenoxy) is 2. The Bertz CT molecular complexity index is 1150. The van der Waals surface area contributed by atoms with Gasteiger partial charge >= 0.3 is 5.97 Å². The van der Waals surface area contributed by atoms with Gasteiger partial charge in [0, 0.05) is 24.3 Å². The van der Waals surface area contributed by atoms with E-state index >= 15 is 0 Å². The standard InChI is InChI=1S/C40H66O6/c1-26(2)14-11-15-28(5)16-12-17-29(6)18-13-22-40(10)23-21-35-32(9)37(30(7)31(8)38(35)46-40)45-25-34(41)24-33(39(43)44)19-20-36(42)27(3)4/h26-29,33H,11-25H2,1-10H3,(H,43,44)/t28-,29-,33-,40-/m1/s1. The molecule has 1 heterocycles. The van der Waals surface area contributed by atoms with Crippen molar-refractivity contribution in [2.45, 2.75) is 165 Å². The van der Waals surface area contributed by atoms with Gasteiger partial charge in [0.1, 0.15) is 29.5 Å². The molecule has 1 N–H and O–H groups in total. The van der Waals surface area contributed by atoms with Gasteiger partial charge in [0.05, 0.1) is 5.92 Å². The summed E-state index contributed by atoms with van der Waals surface area (Å²) < 4.78 is 12.8. The number of carboxylic acids is 1. The van der Waals surface area contributed by atoms with E-state index in [4.69, 9.17) is 9.47 Å². The average Bonchev–Trinajstić information content (AvgIpc) is 2.97. The Morgan fingerprint density at radius 2 is 1.41 bits per heavy atom. The van der Waals surface area contributed by atoms with Crippen LogP contribution in [0.1, 0.15) is 154 Å². The van der Waals surface area contributed by atoms with E-state index in [1.165, 1.54) is 51.4 Å². The van der Waals surface area contributed by atoms with E-state index in [0.29, 0.717) is 5.75 Å². The van der Waals surface area contributed by atoms with Crippen LogP contribution < -0.4 is 9.47 Å². The highest BCUT2D eigenvalue weighted by Gasteiger charge is 2.35. The minimum absolute atomic E-state index is 0.0156. The number of aliphatic carboxylic acids is 1. The number of Topliss-reactive ketones (excluding diaryl/α,β-unsaturated/α-hetero) is 2. The van der Waals surface area contributed by atoms with Crippen LogP contribution in [0.25, 0.3) is 0 Å². The summed E-state index contributed by atoms with van der Waals surface area (Å²) in [6.07, 6.45) is 13.6. The second-order valence-electron chi connectivity index (χ2n) is 15.6. The normalized spacial score (nSPS) is 18.2. The predicted octanol–water partition coefficient (Wildman–Crippen LogP) is 10.2. The summed E-state index contributed by atoms with van der Waals surface area (Å²) in [6.45, 7) is 21.2. The van der Waals surface area contributed by atoms with Gasteiger partial charge in [-0.05, 0) is 94.2 Å². The van der Waals surface area contributed by atoms with Gasteiger partial charge in [-0.1, -0.05) is 86.5 Å². The topological polar surface area (TPSA) is 89.9 Å². The Kier molecular flexibility index (Phi) is 16.3. The van der Waals surface area contributed by atoms with E-state index < -0.39 is 11.9 Å². The van der Waals surface area contributed by atoms with Crippen LogP contribution in [-0.4, -0.2) is 34.9 Å². The van der Waals surface area contributed by atoms with E-state index in [0.717, 1.165) is 65.0 Å². The summed E-state index contributed by atoms with van der Waals surface area (Å²) in [7, 11) is 0. The fourth-order valence-electron chi connectivity index (χ4n) is 6.88. The lowest BCUT2D eigenvalue weighted by atomic mass is 9.83. The third-order valence-corrected chi connectivity index (χ3v) is 10.4. The molecule has 262 valence electrons. The van der Waals surface area contributed by atoms with E-state index in [1.807, 2.05) is 13.8 Å². The third-order valence-electron chi connectivity index (χ3n) is 10.4. The quantitative estimate of drug-likeness (QED) is 0.135. The van der Waals surface area contributed by atoms with Crippen LogP contribution in [0.5, 0.6) is 11.5 Å². The molecule has 1 aromatic carbocycles. The van der Waals surface area contributed by atoms with Gasteiger partial charge < -0.3 is 14.6 Å². The number of benzene rings is 1. The molecule has 6 nitrogen and oxygen atoms in total. The number of ketones is 2. The second kappa shape index (κ2) is 18.8. The minimum Gasteiger partial charge on any atom is -0.487 e. The molecule has 1 aromatic rings. The van der Waals surface area contributed by atoms with E-state index in [-0.39, 0.29) is 49.0 Å². The zero-order valence-corrected chi connectivity index (χ0v) is 31.0. The lowest BCUT2D eigenvalue weighted by Crippen LogP contribution is -2.37. The molecule has 0 aliphatic carbocycles. The molecule has 0 amide bonds. The van der Waals surface area contributed by atoms with Crippen molar-refractivity contribution in [1.29, 1.82) is 0 Å². The molecule has 0 bridgehead atoms. The fourth-order valence-corrected chi connectivity index (χ4v) is 6.88. The Hall–Kier alpha value is -2.37. The lowest BCUT2D eigenvalue weighted by molar-refractivity contribution is -0.144. The van der Waals surface area contributed by atoms with Crippen molar-refractivity contribution in [3.63, 3.8) is 0 Å². The first-order valence-electron chi connectivity index (χ1n) is 18.3. The fraction of sp³-hybridized carbons (Fsp3) is 0.775. The highest BCUT2D eigenvalue weighted by atomic mass is 16.5. The monoisotopic (exact) mass is 642 g/mol. The van der Waals surface area contributed by atoms with Crippen molar-refractivity contribution in [2.75, 3.05) is 6.61 Å². The van der Waals surface area contributed by atoms with Gasteiger partial charge in [0.2, 0.25) is 0 Å². The number of hydrogen-bond acceptors (Lipinski definition) is 5.